The highest BCUT2D eigenvalue weighted by atomic mass is 16.6. The molecule has 0 spiro atoms. The van der Waals surface area contributed by atoms with E-state index < -0.39 is 10.5 Å². The van der Waals surface area contributed by atoms with Gasteiger partial charge in [0.2, 0.25) is 0 Å². The van der Waals surface area contributed by atoms with Crippen molar-refractivity contribution < 1.29 is 14.5 Å². The number of aromatic amines is 1. The lowest BCUT2D eigenvalue weighted by molar-refractivity contribution is -0.383. The largest absolute Gasteiger partial charge is 0.444 e. The molecular formula is C22H27N5O5. The molecule has 1 saturated heterocycles. The maximum absolute atomic E-state index is 12.5. The number of amides is 1. The van der Waals surface area contributed by atoms with Crippen LogP contribution in [0.3, 0.4) is 0 Å². The predicted octanol–water partition coefficient (Wildman–Crippen LogP) is 2.93. The second kappa shape index (κ2) is 8.34. The molecule has 0 aromatic carbocycles. The molecule has 4 rings (SSSR count). The van der Waals surface area contributed by atoms with Crippen LogP contribution in [0.1, 0.15) is 39.3 Å². The molecule has 10 nitrogen and oxygen atoms in total. The SMILES string of the molecule is CC(C)(C)OC(=O)N1CCN(C2C=C(c3[nH]c(=O)c4cccnc4c3[N+](=O)[O-])CC2)CC1. The average molecular weight is 441 g/mol. The number of rotatable bonds is 3. The third-order valence-corrected chi connectivity index (χ3v) is 5.79. The van der Waals surface area contributed by atoms with E-state index in [4.69, 9.17) is 4.74 Å². The lowest BCUT2D eigenvalue weighted by atomic mass is 10.1. The summed E-state index contributed by atoms with van der Waals surface area (Å²) in [6.07, 6.45) is 4.55. The van der Waals surface area contributed by atoms with Crippen LogP contribution in [0.5, 0.6) is 0 Å². The van der Waals surface area contributed by atoms with Crippen molar-refractivity contribution in [3.8, 4) is 0 Å². The third-order valence-electron chi connectivity index (χ3n) is 5.79. The van der Waals surface area contributed by atoms with Gasteiger partial charge in [-0.15, -0.1) is 0 Å². The highest BCUT2D eigenvalue weighted by Gasteiger charge is 2.32. The van der Waals surface area contributed by atoms with Gasteiger partial charge in [-0.3, -0.25) is 19.8 Å². The van der Waals surface area contributed by atoms with Gasteiger partial charge in [-0.2, -0.15) is 0 Å². The molecule has 1 aliphatic heterocycles. The maximum atomic E-state index is 12.5. The van der Waals surface area contributed by atoms with Gasteiger partial charge in [-0.05, 0) is 51.3 Å². The minimum absolute atomic E-state index is 0.0910. The lowest BCUT2D eigenvalue weighted by Crippen LogP contribution is -2.52. The molecule has 2 aromatic heterocycles. The van der Waals surface area contributed by atoms with E-state index >= 15 is 0 Å². The van der Waals surface area contributed by atoms with Gasteiger partial charge in [-0.1, -0.05) is 6.08 Å². The van der Waals surface area contributed by atoms with Crippen molar-refractivity contribution in [2.24, 2.45) is 0 Å². The molecule has 1 fully saturated rings. The van der Waals surface area contributed by atoms with Crippen LogP contribution < -0.4 is 5.56 Å². The average Bonchev–Trinajstić information content (AvgIpc) is 3.22. The number of piperazine rings is 1. The number of ether oxygens (including phenoxy) is 1. The summed E-state index contributed by atoms with van der Waals surface area (Å²) in [6, 6.07) is 3.21. The van der Waals surface area contributed by atoms with E-state index in [9.17, 15) is 19.7 Å². The Morgan fingerprint density at radius 3 is 2.66 bits per heavy atom. The molecule has 0 bridgehead atoms. The minimum atomic E-state index is -0.530. The van der Waals surface area contributed by atoms with Crippen LogP contribution in [0, 0.1) is 10.1 Å². The van der Waals surface area contributed by atoms with Gasteiger partial charge in [0.05, 0.1) is 10.3 Å². The molecule has 32 heavy (non-hydrogen) atoms. The van der Waals surface area contributed by atoms with Gasteiger partial charge in [-0.25, -0.2) is 9.78 Å². The van der Waals surface area contributed by atoms with Crippen LogP contribution in [0.4, 0.5) is 10.5 Å². The first-order valence-corrected chi connectivity index (χ1v) is 10.7. The monoisotopic (exact) mass is 441 g/mol. The number of nitro groups is 1. The Balaban J connectivity index is 1.53. The minimum Gasteiger partial charge on any atom is -0.444 e. The number of carbonyl (C=O) groups is 1. The number of H-pyrrole nitrogens is 1. The molecular weight excluding hydrogens is 414 g/mol. The number of nitrogens with one attached hydrogen (secondary N) is 1. The van der Waals surface area contributed by atoms with Crippen LogP contribution in [0.15, 0.2) is 29.2 Å². The second-order valence-corrected chi connectivity index (χ2v) is 9.14. The molecule has 1 unspecified atom stereocenters. The molecule has 2 aliphatic rings. The van der Waals surface area contributed by atoms with Crippen molar-refractivity contribution in [1.82, 2.24) is 19.8 Å². The van der Waals surface area contributed by atoms with Gasteiger partial charge in [0.15, 0.2) is 5.52 Å². The summed E-state index contributed by atoms with van der Waals surface area (Å²) in [6.45, 7) is 8.03. The molecule has 0 saturated carbocycles. The number of pyridine rings is 2. The van der Waals surface area contributed by atoms with E-state index in [0.29, 0.717) is 32.6 Å². The zero-order chi connectivity index (χ0) is 23.0. The van der Waals surface area contributed by atoms with E-state index in [-0.39, 0.29) is 40.0 Å². The zero-order valence-electron chi connectivity index (χ0n) is 18.5. The molecule has 10 heteroatoms. The number of fused-ring (bicyclic) bond motifs is 1. The predicted molar refractivity (Wildman–Crippen MR) is 119 cm³/mol. The highest BCUT2D eigenvalue weighted by molar-refractivity contribution is 5.91. The fraction of sp³-hybridized carbons (Fsp3) is 0.500. The van der Waals surface area contributed by atoms with Crippen molar-refractivity contribution >= 4 is 28.3 Å². The van der Waals surface area contributed by atoms with Crippen molar-refractivity contribution in [3.05, 3.63) is 50.6 Å². The van der Waals surface area contributed by atoms with Crippen LogP contribution in [-0.4, -0.2) is 68.6 Å². The molecule has 1 atom stereocenters. The molecule has 3 heterocycles. The summed E-state index contributed by atoms with van der Waals surface area (Å²) >= 11 is 0. The first-order valence-electron chi connectivity index (χ1n) is 10.7. The van der Waals surface area contributed by atoms with Crippen LogP contribution in [0.25, 0.3) is 16.5 Å². The fourth-order valence-electron chi connectivity index (χ4n) is 4.31. The third kappa shape index (κ3) is 4.36. The molecule has 1 aliphatic carbocycles. The molecule has 170 valence electrons. The van der Waals surface area contributed by atoms with E-state index in [2.05, 4.69) is 14.9 Å². The Hall–Kier alpha value is -3.27. The zero-order valence-corrected chi connectivity index (χ0v) is 18.5. The van der Waals surface area contributed by atoms with E-state index in [1.54, 1.807) is 11.0 Å². The standard InChI is InChI=1S/C22H27N5O5/c1-22(2,3)32-21(29)26-11-9-25(10-12-26)15-7-6-14(13-15)17-19(27(30)31)18-16(20(28)24-17)5-4-8-23-18/h4-5,8,13,15H,6-7,9-12H2,1-3H3,(H,24,28). The van der Waals surface area contributed by atoms with Gasteiger partial charge in [0, 0.05) is 38.4 Å². The maximum Gasteiger partial charge on any atom is 0.410 e. The van der Waals surface area contributed by atoms with E-state index in [1.165, 1.54) is 12.3 Å². The summed E-state index contributed by atoms with van der Waals surface area (Å²) in [7, 11) is 0. The molecule has 1 amide bonds. The summed E-state index contributed by atoms with van der Waals surface area (Å²) < 4.78 is 5.45. The number of hydrogen-bond donors (Lipinski definition) is 1. The number of carbonyl (C=O) groups excluding carboxylic acids is 1. The highest BCUT2D eigenvalue weighted by Crippen LogP contribution is 2.36. The van der Waals surface area contributed by atoms with Crippen LogP contribution >= 0.6 is 0 Å². The topological polar surface area (TPSA) is 122 Å². The van der Waals surface area contributed by atoms with E-state index in [0.717, 1.165) is 12.0 Å². The van der Waals surface area contributed by atoms with Crippen LogP contribution in [-0.2, 0) is 4.74 Å². The quantitative estimate of drug-likeness (QED) is 0.574. The molecule has 0 radical (unpaired) electrons. The van der Waals surface area contributed by atoms with Crippen molar-refractivity contribution in [1.29, 1.82) is 0 Å². The summed E-state index contributed by atoms with van der Waals surface area (Å²) in [4.78, 5) is 47.0. The number of nitrogens with zero attached hydrogens (tertiary/aromatic N) is 4. The number of aromatic nitrogens is 2. The normalized spacial score (nSPS) is 19.8. The summed E-state index contributed by atoms with van der Waals surface area (Å²) in [5, 5.41) is 12.0. The first-order chi connectivity index (χ1) is 15.1. The van der Waals surface area contributed by atoms with E-state index in [1.807, 2.05) is 26.8 Å². The smallest absolute Gasteiger partial charge is 0.410 e. The first kappa shape index (κ1) is 21.9. The number of allylic oxidation sites excluding steroid dienone is 1. The summed E-state index contributed by atoms with van der Waals surface area (Å²) in [5.74, 6) is 0. The summed E-state index contributed by atoms with van der Waals surface area (Å²) in [5.41, 5.74) is 0.0111. The Bertz CT molecular complexity index is 1140. The van der Waals surface area contributed by atoms with Crippen LogP contribution in [0.2, 0.25) is 0 Å². The van der Waals surface area contributed by atoms with Crippen molar-refractivity contribution in [2.45, 2.75) is 45.3 Å². The lowest BCUT2D eigenvalue weighted by Gasteiger charge is -2.37. The fourth-order valence-corrected chi connectivity index (χ4v) is 4.31. The van der Waals surface area contributed by atoms with Gasteiger partial charge >= 0.3 is 11.8 Å². The van der Waals surface area contributed by atoms with Gasteiger partial charge < -0.3 is 14.6 Å². The van der Waals surface area contributed by atoms with Crippen molar-refractivity contribution in [2.75, 3.05) is 26.2 Å². The second-order valence-electron chi connectivity index (χ2n) is 9.14. The Morgan fingerprint density at radius 1 is 1.28 bits per heavy atom. The Labute approximate surface area is 185 Å². The van der Waals surface area contributed by atoms with Crippen molar-refractivity contribution in [3.63, 3.8) is 0 Å². The molecule has 1 N–H and O–H groups in total. The Kier molecular flexibility index (Phi) is 5.72. The van der Waals surface area contributed by atoms with Gasteiger partial charge in [0.1, 0.15) is 11.3 Å². The number of hydrogen-bond acceptors (Lipinski definition) is 7. The van der Waals surface area contributed by atoms with Gasteiger partial charge in [0.25, 0.3) is 5.56 Å². The molecule has 2 aromatic rings. The Morgan fingerprint density at radius 2 is 2.00 bits per heavy atom.